The van der Waals surface area contributed by atoms with Gasteiger partial charge >= 0.3 is 0 Å². The van der Waals surface area contributed by atoms with Gasteiger partial charge in [-0.15, -0.1) is 0 Å². The Bertz CT molecular complexity index is 894. The van der Waals surface area contributed by atoms with E-state index in [1.165, 1.54) is 19.8 Å². The van der Waals surface area contributed by atoms with Crippen molar-refractivity contribution in [1.29, 1.82) is 0 Å². The van der Waals surface area contributed by atoms with Crippen LogP contribution in [-0.2, 0) is 11.3 Å². The van der Waals surface area contributed by atoms with Crippen LogP contribution in [0.1, 0.15) is 36.2 Å². The number of nitrogens with one attached hydrogen (secondary N) is 2. The average molecular weight is 440 g/mol. The lowest BCUT2D eigenvalue weighted by molar-refractivity contribution is -0.124. The van der Waals surface area contributed by atoms with Gasteiger partial charge in [0, 0.05) is 37.3 Å². The van der Waals surface area contributed by atoms with Crippen LogP contribution < -0.4 is 20.1 Å². The molecule has 2 N–H and O–H groups in total. The van der Waals surface area contributed by atoms with E-state index in [1.807, 2.05) is 32.0 Å². The predicted molar refractivity (Wildman–Crippen MR) is 124 cm³/mol. The van der Waals surface area contributed by atoms with Crippen molar-refractivity contribution < 1.29 is 19.1 Å². The summed E-state index contributed by atoms with van der Waals surface area (Å²) in [6.45, 7) is 6.45. The van der Waals surface area contributed by atoms with Crippen molar-refractivity contribution in [3.05, 3.63) is 59.7 Å². The fraction of sp³-hybridized carbons (Fsp3) is 0.440. The zero-order valence-corrected chi connectivity index (χ0v) is 19.3. The fourth-order valence-electron chi connectivity index (χ4n) is 3.92. The third-order valence-electron chi connectivity index (χ3n) is 5.72. The predicted octanol–water partition coefficient (Wildman–Crippen LogP) is 2.85. The summed E-state index contributed by atoms with van der Waals surface area (Å²) >= 11 is 0. The Morgan fingerprint density at radius 3 is 2.31 bits per heavy atom. The van der Waals surface area contributed by atoms with Gasteiger partial charge in [0.15, 0.2) is 0 Å². The van der Waals surface area contributed by atoms with Gasteiger partial charge in [-0.2, -0.15) is 0 Å². The minimum absolute atomic E-state index is 0.0618. The third-order valence-corrected chi connectivity index (χ3v) is 5.72. The van der Waals surface area contributed by atoms with E-state index < -0.39 is 6.04 Å². The Labute approximate surface area is 190 Å². The number of benzene rings is 2. The zero-order chi connectivity index (χ0) is 23.1. The molecule has 2 atom stereocenters. The minimum Gasteiger partial charge on any atom is -0.497 e. The quantitative estimate of drug-likeness (QED) is 0.628. The normalized spacial score (nSPS) is 17.1. The van der Waals surface area contributed by atoms with Crippen LogP contribution in [0.5, 0.6) is 11.5 Å². The Morgan fingerprint density at radius 2 is 1.72 bits per heavy atom. The minimum atomic E-state index is -0.636. The molecule has 0 aliphatic carbocycles. The number of amides is 2. The molecule has 7 heteroatoms. The largest absolute Gasteiger partial charge is 0.497 e. The number of methoxy groups -OCH3 is 2. The van der Waals surface area contributed by atoms with Gasteiger partial charge < -0.3 is 20.1 Å². The average Bonchev–Trinajstić information content (AvgIpc) is 3.23. The third kappa shape index (κ3) is 6.23. The van der Waals surface area contributed by atoms with E-state index in [2.05, 4.69) is 27.7 Å². The maximum absolute atomic E-state index is 13.0. The Morgan fingerprint density at radius 1 is 1.06 bits per heavy atom. The number of rotatable bonds is 9. The maximum Gasteiger partial charge on any atom is 0.252 e. The zero-order valence-electron chi connectivity index (χ0n) is 19.3. The number of nitrogens with zero attached hydrogens (tertiary/aromatic N) is 1. The molecule has 1 aliphatic rings. The summed E-state index contributed by atoms with van der Waals surface area (Å²) in [7, 11) is 3.06. The van der Waals surface area contributed by atoms with Crippen molar-refractivity contribution in [3.8, 4) is 11.5 Å². The number of likely N-dealkylation sites (tertiary alicyclic amines) is 1. The summed E-state index contributed by atoms with van der Waals surface area (Å²) in [5.41, 5.74) is 1.65. The van der Waals surface area contributed by atoms with Gasteiger partial charge in [-0.05, 0) is 30.0 Å². The molecule has 0 unspecified atom stereocenters. The summed E-state index contributed by atoms with van der Waals surface area (Å²) in [5.74, 6) is 0.477. The van der Waals surface area contributed by atoms with Gasteiger partial charge in [-0.1, -0.05) is 44.2 Å². The van der Waals surface area contributed by atoms with Crippen LogP contribution in [0.3, 0.4) is 0 Å². The lowest BCUT2D eigenvalue weighted by atomic mass is 10.0. The van der Waals surface area contributed by atoms with E-state index >= 15 is 0 Å². The van der Waals surface area contributed by atoms with Crippen molar-refractivity contribution >= 4 is 11.8 Å². The molecule has 1 fully saturated rings. The molecule has 1 aliphatic heterocycles. The Kier molecular flexibility index (Phi) is 8.11. The van der Waals surface area contributed by atoms with Crippen LogP contribution in [0.4, 0.5) is 0 Å². The SMILES string of the molecule is COc1cc(OC)cc(C(=O)N[C@H](C(=O)N[C@@H]2CCN(Cc3ccccc3)C2)C(C)C)c1. The lowest BCUT2D eigenvalue weighted by Crippen LogP contribution is -2.52. The second-order valence-electron chi connectivity index (χ2n) is 8.51. The molecule has 0 radical (unpaired) electrons. The van der Waals surface area contributed by atoms with Gasteiger partial charge in [-0.25, -0.2) is 0 Å². The molecule has 0 bridgehead atoms. The molecule has 1 saturated heterocycles. The first-order valence-corrected chi connectivity index (χ1v) is 11.0. The standard InChI is InChI=1S/C25H33N3O4/c1-17(2)23(27-24(29)19-12-21(31-3)14-22(13-19)32-4)25(30)26-20-10-11-28(16-20)15-18-8-6-5-7-9-18/h5-9,12-14,17,20,23H,10-11,15-16H2,1-4H3,(H,26,30)(H,27,29)/t20-,23+/m1/s1. The maximum atomic E-state index is 13.0. The highest BCUT2D eigenvalue weighted by Crippen LogP contribution is 2.23. The van der Waals surface area contributed by atoms with E-state index in [1.54, 1.807) is 18.2 Å². The van der Waals surface area contributed by atoms with E-state index in [0.29, 0.717) is 17.1 Å². The molecule has 172 valence electrons. The smallest absolute Gasteiger partial charge is 0.252 e. The second-order valence-corrected chi connectivity index (χ2v) is 8.51. The van der Waals surface area contributed by atoms with E-state index in [9.17, 15) is 9.59 Å². The first kappa shape index (κ1) is 23.6. The van der Waals surface area contributed by atoms with Gasteiger partial charge in [0.2, 0.25) is 5.91 Å². The van der Waals surface area contributed by atoms with Crippen LogP contribution >= 0.6 is 0 Å². The molecule has 2 aromatic carbocycles. The monoisotopic (exact) mass is 439 g/mol. The van der Waals surface area contributed by atoms with Crippen molar-refractivity contribution in [1.82, 2.24) is 15.5 Å². The van der Waals surface area contributed by atoms with Gasteiger partial charge in [0.05, 0.1) is 14.2 Å². The molecule has 1 heterocycles. The molecule has 2 aromatic rings. The number of carbonyl (C=O) groups excluding carboxylic acids is 2. The van der Waals surface area contributed by atoms with E-state index in [4.69, 9.17) is 9.47 Å². The van der Waals surface area contributed by atoms with Crippen LogP contribution in [0.2, 0.25) is 0 Å². The van der Waals surface area contributed by atoms with E-state index in [0.717, 1.165) is 26.1 Å². The molecular formula is C25H33N3O4. The van der Waals surface area contributed by atoms with Crippen LogP contribution in [0.15, 0.2) is 48.5 Å². The van der Waals surface area contributed by atoms with Crippen LogP contribution in [0, 0.1) is 5.92 Å². The van der Waals surface area contributed by atoms with Crippen LogP contribution in [0.25, 0.3) is 0 Å². The van der Waals surface area contributed by atoms with E-state index in [-0.39, 0.29) is 23.8 Å². The first-order valence-electron chi connectivity index (χ1n) is 11.0. The summed E-state index contributed by atoms with van der Waals surface area (Å²) in [6, 6.07) is 14.7. The van der Waals surface area contributed by atoms with Gasteiger partial charge in [-0.3, -0.25) is 14.5 Å². The molecule has 3 rings (SSSR count). The molecule has 0 aromatic heterocycles. The number of ether oxygens (including phenoxy) is 2. The topological polar surface area (TPSA) is 79.9 Å². The number of carbonyl (C=O) groups is 2. The molecule has 2 amide bonds. The molecule has 0 spiro atoms. The second kappa shape index (κ2) is 11.0. The van der Waals surface area contributed by atoms with Gasteiger partial charge in [0.25, 0.3) is 5.91 Å². The Balaban J connectivity index is 1.59. The summed E-state index contributed by atoms with van der Waals surface area (Å²) in [6.07, 6.45) is 0.893. The highest BCUT2D eigenvalue weighted by atomic mass is 16.5. The first-order chi connectivity index (χ1) is 15.4. The summed E-state index contributed by atoms with van der Waals surface area (Å²) in [4.78, 5) is 28.2. The fourth-order valence-corrected chi connectivity index (χ4v) is 3.92. The molecule has 7 nitrogen and oxygen atoms in total. The van der Waals surface area contributed by atoms with Crippen molar-refractivity contribution in [3.63, 3.8) is 0 Å². The summed E-state index contributed by atoms with van der Waals surface area (Å²) in [5, 5.41) is 6.02. The highest BCUT2D eigenvalue weighted by molar-refractivity contribution is 5.98. The number of hydrogen-bond donors (Lipinski definition) is 2. The van der Waals surface area contributed by atoms with Gasteiger partial charge in [0.1, 0.15) is 17.5 Å². The summed E-state index contributed by atoms with van der Waals surface area (Å²) < 4.78 is 10.5. The van der Waals surface area contributed by atoms with Crippen molar-refractivity contribution in [2.45, 2.75) is 38.9 Å². The highest BCUT2D eigenvalue weighted by Gasteiger charge is 2.30. The molecule has 0 saturated carbocycles. The molecule has 32 heavy (non-hydrogen) atoms. The molecular weight excluding hydrogens is 406 g/mol. The lowest BCUT2D eigenvalue weighted by Gasteiger charge is -2.24. The Hall–Kier alpha value is -3.06. The van der Waals surface area contributed by atoms with Crippen molar-refractivity contribution in [2.24, 2.45) is 5.92 Å². The van der Waals surface area contributed by atoms with Crippen molar-refractivity contribution in [2.75, 3.05) is 27.3 Å². The number of hydrogen-bond acceptors (Lipinski definition) is 5. The van der Waals surface area contributed by atoms with Crippen LogP contribution in [-0.4, -0.2) is 56.1 Å².